The van der Waals surface area contributed by atoms with E-state index < -0.39 is 0 Å². The number of ether oxygens (including phenoxy) is 2. The standard InChI is InChI=1S/C20H22FN5O4/c1-13-17(25-30-24-13)11-20(27)26-6-8-29-19(12-26)18-10-15(22-23-18)5-7-28-16-4-2-3-14(21)9-16/h2-4,9-10,19H,5-8,11-12H2,1H3,(H,22,23)/t19-/m0/s1. The van der Waals surface area contributed by atoms with Gasteiger partial charge in [-0.2, -0.15) is 5.10 Å². The van der Waals surface area contributed by atoms with Crippen molar-refractivity contribution in [2.24, 2.45) is 0 Å². The highest BCUT2D eigenvalue weighted by molar-refractivity contribution is 5.78. The van der Waals surface area contributed by atoms with Gasteiger partial charge in [-0.1, -0.05) is 16.4 Å². The van der Waals surface area contributed by atoms with Crippen molar-refractivity contribution in [2.75, 3.05) is 26.3 Å². The lowest BCUT2D eigenvalue weighted by Gasteiger charge is -2.32. The molecular weight excluding hydrogens is 393 g/mol. The summed E-state index contributed by atoms with van der Waals surface area (Å²) in [5, 5.41) is 14.8. The van der Waals surface area contributed by atoms with Gasteiger partial charge >= 0.3 is 0 Å². The highest BCUT2D eigenvalue weighted by Crippen LogP contribution is 2.22. The number of carbonyl (C=O) groups excluding carboxylic acids is 1. The van der Waals surface area contributed by atoms with Crippen LogP contribution in [0.5, 0.6) is 5.75 Å². The first-order chi connectivity index (χ1) is 14.6. The summed E-state index contributed by atoms with van der Waals surface area (Å²) in [6.07, 6.45) is 0.413. The van der Waals surface area contributed by atoms with Gasteiger partial charge < -0.3 is 14.4 Å². The quantitative estimate of drug-likeness (QED) is 0.629. The van der Waals surface area contributed by atoms with Crippen molar-refractivity contribution in [3.8, 4) is 5.75 Å². The maximum atomic E-state index is 13.2. The number of morpholine rings is 1. The monoisotopic (exact) mass is 415 g/mol. The second-order valence-corrected chi connectivity index (χ2v) is 7.05. The van der Waals surface area contributed by atoms with Gasteiger partial charge in [0.2, 0.25) is 5.91 Å². The fourth-order valence-electron chi connectivity index (χ4n) is 3.23. The minimum atomic E-state index is -0.333. The Morgan fingerprint density at radius 3 is 3.07 bits per heavy atom. The topological polar surface area (TPSA) is 106 Å². The molecule has 1 saturated heterocycles. The molecule has 0 bridgehead atoms. The first-order valence-corrected chi connectivity index (χ1v) is 9.68. The molecule has 4 rings (SSSR count). The number of carbonyl (C=O) groups is 1. The van der Waals surface area contributed by atoms with Crippen molar-refractivity contribution in [1.82, 2.24) is 25.4 Å². The SMILES string of the molecule is Cc1nonc1CC(=O)N1CCO[C@H](c2cc(CCOc3cccc(F)c3)[nH]n2)C1. The second-order valence-electron chi connectivity index (χ2n) is 7.05. The van der Waals surface area contributed by atoms with E-state index in [4.69, 9.17) is 9.47 Å². The minimum absolute atomic E-state index is 0.0543. The summed E-state index contributed by atoms with van der Waals surface area (Å²) in [5.41, 5.74) is 2.76. The van der Waals surface area contributed by atoms with Gasteiger partial charge in [0.25, 0.3) is 0 Å². The number of aromatic amines is 1. The summed E-state index contributed by atoms with van der Waals surface area (Å²) >= 11 is 0. The molecule has 10 heteroatoms. The van der Waals surface area contributed by atoms with E-state index in [1.807, 2.05) is 6.07 Å². The third-order valence-electron chi connectivity index (χ3n) is 4.90. The van der Waals surface area contributed by atoms with Crippen molar-refractivity contribution in [2.45, 2.75) is 25.9 Å². The third kappa shape index (κ3) is 4.82. The van der Waals surface area contributed by atoms with E-state index in [0.717, 1.165) is 11.4 Å². The zero-order chi connectivity index (χ0) is 20.9. The lowest BCUT2D eigenvalue weighted by atomic mass is 10.1. The summed E-state index contributed by atoms with van der Waals surface area (Å²) in [4.78, 5) is 14.3. The Hall–Kier alpha value is -3.27. The van der Waals surface area contributed by atoms with Crippen LogP contribution in [0.15, 0.2) is 35.0 Å². The lowest BCUT2D eigenvalue weighted by molar-refractivity contribution is -0.138. The number of rotatable bonds is 7. The molecule has 2 aromatic heterocycles. The molecular formula is C20H22FN5O4. The molecule has 1 aromatic carbocycles. The van der Waals surface area contributed by atoms with Gasteiger partial charge in [-0.25, -0.2) is 9.02 Å². The molecule has 3 aromatic rings. The van der Waals surface area contributed by atoms with Crippen LogP contribution in [0.1, 0.15) is 28.9 Å². The maximum absolute atomic E-state index is 13.2. The first-order valence-electron chi connectivity index (χ1n) is 9.68. The van der Waals surface area contributed by atoms with Gasteiger partial charge in [-0.3, -0.25) is 9.89 Å². The molecule has 3 heterocycles. The van der Waals surface area contributed by atoms with Crippen LogP contribution in [0.3, 0.4) is 0 Å². The molecule has 1 aliphatic rings. The molecule has 1 N–H and O–H groups in total. The van der Waals surface area contributed by atoms with Crippen molar-refractivity contribution >= 4 is 5.91 Å². The largest absolute Gasteiger partial charge is 0.493 e. The van der Waals surface area contributed by atoms with Crippen LogP contribution in [0, 0.1) is 12.7 Å². The highest BCUT2D eigenvalue weighted by Gasteiger charge is 2.28. The van der Waals surface area contributed by atoms with Gasteiger partial charge in [0.15, 0.2) is 0 Å². The number of hydrogen-bond donors (Lipinski definition) is 1. The first kappa shape index (κ1) is 20.0. The van der Waals surface area contributed by atoms with E-state index in [1.165, 1.54) is 12.1 Å². The summed E-state index contributed by atoms with van der Waals surface area (Å²) in [6, 6.07) is 7.93. The van der Waals surface area contributed by atoms with Crippen molar-refractivity contribution in [3.05, 3.63) is 58.9 Å². The van der Waals surface area contributed by atoms with E-state index >= 15 is 0 Å². The number of hydrogen-bond acceptors (Lipinski definition) is 7. The third-order valence-corrected chi connectivity index (χ3v) is 4.90. The normalized spacial score (nSPS) is 16.6. The molecule has 1 atom stereocenters. The number of nitrogens with one attached hydrogen (secondary N) is 1. The highest BCUT2D eigenvalue weighted by atomic mass is 19.1. The van der Waals surface area contributed by atoms with E-state index in [2.05, 4.69) is 25.1 Å². The summed E-state index contributed by atoms with van der Waals surface area (Å²) in [5.74, 6) is 0.0956. The fourth-order valence-corrected chi connectivity index (χ4v) is 3.23. The molecule has 0 aliphatic carbocycles. The Morgan fingerprint density at radius 2 is 2.27 bits per heavy atom. The number of amides is 1. The average Bonchev–Trinajstić information content (AvgIpc) is 3.38. The smallest absolute Gasteiger partial charge is 0.228 e. The summed E-state index contributed by atoms with van der Waals surface area (Å²) < 4.78 is 29.2. The number of halogens is 1. The van der Waals surface area contributed by atoms with Gasteiger partial charge in [-0.05, 0) is 25.1 Å². The molecule has 0 radical (unpaired) electrons. The van der Waals surface area contributed by atoms with Crippen LogP contribution >= 0.6 is 0 Å². The second kappa shape index (κ2) is 9.04. The van der Waals surface area contributed by atoms with Crippen molar-refractivity contribution in [3.63, 3.8) is 0 Å². The van der Waals surface area contributed by atoms with Gasteiger partial charge in [0, 0.05) is 24.7 Å². The van der Waals surface area contributed by atoms with Crippen molar-refractivity contribution < 1.29 is 23.3 Å². The summed E-state index contributed by atoms with van der Waals surface area (Å²) in [6.45, 7) is 3.49. The maximum Gasteiger partial charge on any atom is 0.228 e. The lowest BCUT2D eigenvalue weighted by Crippen LogP contribution is -2.43. The molecule has 0 spiro atoms. The van der Waals surface area contributed by atoms with E-state index in [1.54, 1.807) is 24.0 Å². The minimum Gasteiger partial charge on any atom is -0.493 e. The van der Waals surface area contributed by atoms with Gasteiger partial charge in [0.1, 0.15) is 29.1 Å². The molecule has 0 unspecified atom stereocenters. The number of aromatic nitrogens is 4. The zero-order valence-corrected chi connectivity index (χ0v) is 16.5. The van der Waals surface area contributed by atoms with Crippen molar-refractivity contribution in [1.29, 1.82) is 0 Å². The van der Waals surface area contributed by atoms with E-state index in [9.17, 15) is 9.18 Å². The Bertz CT molecular complexity index is 1000. The average molecular weight is 415 g/mol. The Morgan fingerprint density at radius 1 is 1.37 bits per heavy atom. The molecule has 1 amide bonds. The number of aryl methyl sites for hydroxylation is 1. The molecule has 1 fully saturated rings. The molecule has 30 heavy (non-hydrogen) atoms. The van der Waals surface area contributed by atoms with Crippen LogP contribution in [-0.2, 0) is 22.4 Å². The van der Waals surface area contributed by atoms with Crippen LogP contribution in [0.25, 0.3) is 0 Å². The fraction of sp³-hybridized carbons (Fsp3) is 0.400. The Balaban J connectivity index is 1.30. The van der Waals surface area contributed by atoms with E-state index in [0.29, 0.717) is 49.9 Å². The predicted octanol–water partition coefficient (Wildman–Crippen LogP) is 2.00. The van der Waals surface area contributed by atoms with Crippen LogP contribution in [0.4, 0.5) is 4.39 Å². The van der Waals surface area contributed by atoms with Crippen LogP contribution in [0.2, 0.25) is 0 Å². The number of benzene rings is 1. The van der Waals surface area contributed by atoms with Crippen LogP contribution < -0.4 is 4.74 Å². The number of H-pyrrole nitrogens is 1. The van der Waals surface area contributed by atoms with Gasteiger partial charge in [-0.15, -0.1) is 0 Å². The van der Waals surface area contributed by atoms with Gasteiger partial charge in [0.05, 0.1) is 31.9 Å². The molecule has 0 saturated carbocycles. The Labute approximate surface area is 172 Å². The predicted molar refractivity (Wildman–Crippen MR) is 102 cm³/mol. The Kier molecular flexibility index (Phi) is 6.03. The number of nitrogens with zero attached hydrogens (tertiary/aromatic N) is 4. The molecule has 158 valence electrons. The molecule has 1 aliphatic heterocycles. The summed E-state index contributed by atoms with van der Waals surface area (Å²) in [7, 11) is 0. The zero-order valence-electron chi connectivity index (χ0n) is 16.5. The van der Waals surface area contributed by atoms with E-state index in [-0.39, 0.29) is 24.2 Å². The van der Waals surface area contributed by atoms with Crippen LogP contribution in [-0.4, -0.2) is 57.6 Å². The molecule has 9 nitrogen and oxygen atoms in total.